The zero-order valence-corrected chi connectivity index (χ0v) is 15.8. The van der Waals surface area contributed by atoms with Crippen LogP contribution in [0.3, 0.4) is 0 Å². The zero-order valence-electron chi connectivity index (χ0n) is 14.2. The van der Waals surface area contributed by atoms with Crippen molar-refractivity contribution in [2.24, 2.45) is 0 Å². The van der Waals surface area contributed by atoms with Crippen LogP contribution >= 0.6 is 15.9 Å². The minimum Gasteiger partial charge on any atom is -0.465 e. The summed E-state index contributed by atoms with van der Waals surface area (Å²) in [5, 5.41) is 14.7. The van der Waals surface area contributed by atoms with Crippen molar-refractivity contribution in [1.82, 2.24) is 0 Å². The number of nitrogens with zero attached hydrogens (tertiary/aromatic N) is 1. The molecule has 26 heavy (non-hydrogen) atoms. The van der Waals surface area contributed by atoms with Gasteiger partial charge in [0.1, 0.15) is 11.6 Å². The molecule has 2 aromatic rings. The Morgan fingerprint density at radius 2 is 1.92 bits per heavy atom. The van der Waals surface area contributed by atoms with Gasteiger partial charge in [-0.05, 0) is 52.7 Å². The number of nitrogens with one attached hydrogen (secondary N) is 2. The molecule has 0 atom stereocenters. The first-order valence-corrected chi connectivity index (χ1v) is 8.37. The highest BCUT2D eigenvalue weighted by Gasteiger charge is 2.15. The van der Waals surface area contributed by atoms with Crippen LogP contribution in [0.25, 0.3) is 0 Å². The normalized spacial score (nSPS) is 10.6. The molecule has 132 valence electrons. The lowest BCUT2D eigenvalue weighted by Crippen LogP contribution is -2.17. The van der Waals surface area contributed by atoms with Gasteiger partial charge in [-0.3, -0.25) is 4.79 Å². The van der Waals surface area contributed by atoms with E-state index < -0.39 is 11.9 Å². The molecular weight excluding hydrogens is 398 g/mol. The van der Waals surface area contributed by atoms with Gasteiger partial charge in [0.05, 0.1) is 24.0 Å². The van der Waals surface area contributed by atoms with E-state index in [1.807, 2.05) is 31.2 Å². The summed E-state index contributed by atoms with van der Waals surface area (Å²) in [5.41, 5.74) is 2.12. The van der Waals surface area contributed by atoms with Crippen LogP contribution in [0.2, 0.25) is 0 Å². The van der Waals surface area contributed by atoms with Crippen molar-refractivity contribution in [2.45, 2.75) is 6.92 Å². The van der Waals surface area contributed by atoms with E-state index in [0.29, 0.717) is 5.69 Å². The Morgan fingerprint density at radius 3 is 2.58 bits per heavy atom. The minimum atomic E-state index is -0.639. The van der Waals surface area contributed by atoms with Gasteiger partial charge in [-0.25, -0.2) is 4.79 Å². The van der Waals surface area contributed by atoms with E-state index in [0.717, 1.165) is 10.0 Å². The van der Waals surface area contributed by atoms with Crippen molar-refractivity contribution < 1.29 is 14.3 Å². The number of benzene rings is 2. The molecule has 0 saturated carbocycles. The smallest absolute Gasteiger partial charge is 0.339 e. The summed E-state index contributed by atoms with van der Waals surface area (Å²) in [6.45, 7) is 1.96. The Hall–Kier alpha value is -3.11. The van der Waals surface area contributed by atoms with Crippen LogP contribution in [0.5, 0.6) is 0 Å². The Kier molecular flexibility index (Phi) is 6.53. The molecule has 0 radical (unpaired) electrons. The lowest BCUT2D eigenvalue weighted by Gasteiger charge is -2.09. The molecule has 2 aromatic carbocycles. The summed E-state index contributed by atoms with van der Waals surface area (Å²) in [5.74, 6) is -1.22. The average Bonchev–Trinajstić information content (AvgIpc) is 2.63. The molecule has 0 fully saturated rings. The van der Waals surface area contributed by atoms with Gasteiger partial charge in [0.15, 0.2) is 0 Å². The number of ether oxygens (including phenoxy) is 1. The van der Waals surface area contributed by atoms with Gasteiger partial charge < -0.3 is 15.4 Å². The molecule has 0 aromatic heterocycles. The fourth-order valence-corrected chi connectivity index (χ4v) is 2.71. The summed E-state index contributed by atoms with van der Waals surface area (Å²) >= 11 is 3.42. The number of methoxy groups -OCH3 is 1. The van der Waals surface area contributed by atoms with Crippen LogP contribution < -0.4 is 10.6 Å². The summed E-state index contributed by atoms with van der Waals surface area (Å²) in [4.78, 5) is 24.1. The van der Waals surface area contributed by atoms with E-state index in [1.165, 1.54) is 19.4 Å². The number of nitriles is 1. The van der Waals surface area contributed by atoms with E-state index in [9.17, 15) is 14.9 Å². The van der Waals surface area contributed by atoms with E-state index in [4.69, 9.17) is 0 Å². The second-order valence-electron chi connectivity index (χ2n) is 5.29. The van der Waals surface area contributed by atoms with E-state index in [2.05, 4.69) is 31.3 Å². The highest BCUT2D eigenvalue weighted by atomic mass is 79.9. The molecular formula is C19H16BrN3O3. The molecule has 0 unspecified atom stereocenters. The summed E-state index contributed by atoms with van der Waals surface area (Å²) in [7, 11) is 1.25. The highest BCUT2D eigenvalue weighted by Crippen LogP contribution is 2.23. The first-order chi connectivity index (χ1) is 12.5. The molecule has 2 N–H and O–H groups in total. The van der Waals surface area contributed by atoms with Crippen molar-refractivity contribution in [3.63, 3.8) is 0 Å². The standard InChI is InChI=1S/C19H16BrN3O3/c1-12-7-8-17(15(20)9-12)22-11-13(10-21)18(24)23-16-6-4-3-5-14(16)19(25)26-2/h3-9,11,22H,1-2H3,(H,23,24)/b13-11-. The summed E-state index contributed by atoms with van der Waals surface area (Å²) < 4.78 is 5.49. The number of rotatable bonds is 5. The third kappa shape index (κ3) is 4.71. The van der Waals surface area contributed by atoms with Crippen molar-refractivity contribution in [3.05, 3.63) is 69.8 Å². The monoisotopic (exact) mass is 413 g/mol. The number of amides is 1. The fraction of sp³-hybridized carbons (Fsp3) is 0.105. The Labute approximate surface area is 159 Å². The van der Waals surface area contributed by atoms with Crippen LogP contribution in [-0.2, 0) is 9.53 Å². The molecule has 2 rings (SSSR count). The number of aryl methyl sites for hydroxylation is 1. The number of halogens is 1. The summed E-state index contributed by atoms with van der Waals surface area (Å²) in [6.07, 6.45) is 1.31. The predicted molar refractivity (Wildman–Crippen MR) is 103 cm³/mol. The van der Waals surface area contributed by atoms with Gasteiger partial charge in [-0.1, -0.05) is 18.2 Å². The van der Waals surface area contributed by atoms with Gasteiger partial charge in [0.2, 0.25) is 0 Å². The first-order valence-electron chi connectivity index (χ1n) is 7.58. The van der Waals surface area contributed by atoms with E-state index >= 15 is 0 Å². The largest absolute Gasteiger partial charge is 0.465 e. The minimum absolute atomic E-state index is 0.142. The quantitative estimate of drug-likeness (QED) is 0.439. The maximum absolute atomic E-state index is 12.4. The lowest BCUT2D eigenvalue weighted by atomic mass is 10.1. The number of para-hydroxylation sites is 1. The number of carbonyl (C=O) groups excluding carboxylic acids is 2. The zero-order chi connectivity index (χ0) is 19.1. The van der Waals surface area contributed by atoms with Crippen LogP contribution in [-0.4, -0.2) is 19.0 Å². The Balaban J connectivity index is 2.19. The molecule has 0 aliphatic carbocycles. The molecule has 7 heteroatoms. The highest BCUT2D eigenvalue weighted by molar-refractivity contribution is 9.10. The number of carbonyl (C=O) groups is 2. The fourth-order valence-electron chi connectivity index (χ4n) is 2.11. The van der Waals surface area contributed by atoms with Crippen LogP contribution in [0.1, 0.15) is 15.9 Å². The van der Waals surface area contributed by atoms with Crippen molar-refractivity contribution in [1.29, 1.82) is 5.26 Å². The number of anilines is 2. The number of hydrogen-bond acceptors (Lipinski definition) is 5. The van der Waals surface area contributed by atoms with Crippen molar-refractivity contribution in [3.8, 4) is 6.07 Å². The average molecular weight is 414 g/mol. The van der Waals surface area contributed by atoms with E-state index in [-0.39, 0.29) is 16.8 Å². The predicted octanol–water partition coefficient (Wildman–Crippen LogP) is 4.00. The SMILES string of the molecule is COC(=O)c1ccccc1NC(=O)/C(C#N)=C\Nc1ccc(C)cc1Br. The van der Waals surface area contributed by atoms with Gasteiger partial charge >= 0.3 is 5.97 Å². The maximum Gasteiger partial charge on any atom is 0.339 e. The first kappa shape index (κ1) is 19.2. The molecule has 0 heterocycles. The third-order valence-electron chi connectivity index (χ3n) is 3.44. The van der Waals surface area contributed by atoms with Gasteiger partial charge in [0.25, 0.3) is 5.91 Å². The van der Waals surface area contributed by atoms with Gasteiger partial charge in [-0.15, -0.1) is 0 Å². The lowest BCUT2D eigenvalue weighted by molar-refractivity contribution is -0.112. The van der Waals surface area contributed by atoms with Gasteiger partial charge in [-0.2, -0.15) is 5.26 Å². The second kappa shape index (κ2) is 8.83. The van der Waals surface area contributed by atoms with E-state index in [1.54, 1.807) is 18.2 Å². The second-order valence-corrected chi connectivity index (χ2v) is 6.14. The van der Waals surface area contributed by atoms with Gasteiger partial charge in [0, 0.05) is 10.7 Å². The Bertz CT molecular complexity index is 916. The molecule has 0 aliphatic rings. The number of esters is 1. The summed E-state index contributed by atoms with van der Waals surface area (Å²) in [6, 6.07) is 13.9. The molecule has 1 amide bonds. The van der Waals surface area contributed by atoms with Crippen molar-refractivity contribution in [2.75, 3.05) is 17.7 Å². The third-order valence-corrected chi connectivity index (χ3v) is 4.10. The van der Waals surface area contributed by atoms with Crippen LogP contribution in [0.15, 0.2) is 58.7 Å². The van der Waals surface area contributed by atoms with Crippen LogP contribution in [0.4, 0.5) is 11.4 Å². The van der Waals surface area contributed by atoms with Crippen LogP contribution in [0, 0.1) is 18.3 Å². The molecule has 6 nitrogen and oxygen atoms in total. The Morgan fingerprint density at radius 1 is 1.19 bits per heavy atom. The molecule has 0 aliphatic heterocycles. The molecule has 0 spiro atoms. The van der Waals surface area contributed by atoms with Crippen molar-refractivity contribution >= 4 is 39.2 Å². The molecule has 0 bridgehead atoms. The molecule has 0 saturated heterocycles. The maximum atomic E-state index is 12.4. The number of hydrogen-bond donors (Lipinski definition) is 2. The topological polar surface area (TPSA) is 91.2 Å².